The number of unbranched alkanes of at least 4 members (excludes halogenated alkanes) is 3. The second kappa shape index (κ2) is 7.17. The van der Waals surface area contributed by atoms with Crippen molar-refractivity contribution in [1.29, 1.82) is 0 Å². The Labute approximate surface area is 115 Å². The minimum absolute atomic E-state index is 0.780. The standard InChI is InChI=1S/C16H23NO2/c1-2-3-4-5-12-19-16-11-7-8-13-14(16)9-6-10-15(13)17-18/h7-8,11,18H,2-6,9-10,12H2,1H3. The second-order valence-electron chi connectivity index (χ2n) is 5.09. The molecule has 1 aliphatic carbocycles. The molecule has 3 heteroatoms. The highest BCUT2D eigenvalue weighted by Gasteiger charge is 2.19. The van der Waals surface area contributed by atoms with Crippen LogP contribution in [-0.2, 0) is 6.42 Å². The Balaban J connectivity index is 2.02. The molecular weight excluding hydrogens is 238 g/mol. The molecule has 0 atom stereocenters. The summed E-state index contributed by atoms with van der Waals surface area (Å²) >= 11 is 0. The Kier molecular flexibility index (Phi) is 5.25. The highest BCUT2D eigenvalue weighted by molar-refractivity contribution is 6.02. The average Bonchev–Trinajstić information content (AvgIpc) is 2.46. The van der Waals surface area contributed by atoms with Crippen LogP contribution >= 0.6 is 0 Å². The van der Waals surface area contributed by atoms with Gasteiger partial charge in [0.1, 0.15) is 5.75 Å². The number of hydrogen-bond acceptors (Lipinski definition) is 3. The van der Waals surface area contributed by atoms with Crippen LogP contribution in [0.25, 0.3) is 0 Å². The van der Waals surface area contributed by atoms with Crippen LogP contribution in [0.5, 0.6) is 5.75 Å². The monoisotopic (exact) mass is 261 g/mol. The van der Waals surface area contributed by atoms with E-state index in [4.69, 9.17) is 9.94 Å². The predicted octanol–water partition coefficient (Wildman–Crippen LogP) is 4.16. The lowest BCUT2D eigenvalue weighted by Gasteiger charge is -2.20. The lowest BCUT2D eigenvalue weighted by Crippen LogP contribution is -2.13. The lowest BCUT2D eigenvalue weighted by atomic mass is 9.89. The smallest absolute Gasteiger partial charge is 0.123 e. The topological polar surface area (TPSA) is 41.8 Å². The molecule has 1 aliphatic rings. The molecule has 0 amide bonds. The minimum Gasteiger partial charge on any atom is -0.493 e. The highest BCUT2D eigenvalue weighted by atomic mass is 16.5. The molecule has 104 valence electrons. The zero-order valence-electron chi connectivity index (χ0n) is 11.7. The maximum Gasteiger partial charge on any atom is 0.123 e. The number of rotatable bonds is 6. The van der Waals surface area contributed by atoms with Crippen LogP contribution in [0.4, 0.5) is 0 Å². The number of oxime groups is 1. The summed E-state index contributed by atoms with van der Waals surface area (Å²) < 4.78 is 5.91. The third-order valence-corrected chi connectivity index (χ3v) is 3.66. The van der Waals surface area contributed by atoms with E-state index < -0.39 is 0 Å². The average molecular weight is 261 g/mol. The predicted molar refractivity (Wildman–Crippen MR) is 77.3 cm³/mol. The van der Waals surface area contributed by atoms with E-state index in [0.717, 1.165) is 49.3 Å². The van der Waals surface area contributed by atoms with E-state index in [2.05, 4.69) is 12.1 Å². The molecule has 1 aromatic carbocycles. The molecule has 0 spiro atoms. The molecule has 1 aromatic rings. The maximum atomic E-state index is 9.05. The molecule has 0 saturated heterocycles. The van der Waals surface area contributed by atoms with Crippen molar-refractivity contribution in [2.75, 3.05) is 6.61 Å². The lowest BCUT2D eigenvalue weighted by molar-refractivity contribution is 0.301. The first kappa shape index (κ1) is 13.9. The summed E-state index contributed by atoms with van der Waals surface area (Å²) in [4.78, 5) is 0. The fraction of sp³-hybridized carbons (Fsp3) is 0.562. The fourth-order valence-electron chi connectivity index (χ4n) is 2.61. The van der Waals surface area contributed by atoms with Gasteiger partial charge in [-0.1, -0.05) is 43.5 Å². The van der Waals surface area contributed by atoms with Gasteiger partial charge in [-0.15, -0.1) is 0 Å². The molecule has 0 fully saturated rings. The molecular formula is C16H23NO2. The Morgan fingerprint density at radius 3 is 2.89 bits per heavy atom. The van der Waals surface area contributed by atoms with Crippen molar-refractivity contribution in [1.82, 2.24) is 0 Å². The number of ether oxygens (including phenoxy) is 1. The first-order valence-electron chi connectivity index (χ1n) is 7.32. The van der Waals surface area contributed by atoms with Crippen molar-refractivity contribution in [3.05, 3.63) is 29.3 Å². The van der Waals surface area contributed by atoms with Crippen molar-refractivity contribution in [3.63, 3.8) is 0 Å². The number of benzene rings is 1. The van der Waals surface area contributed by atoms with Gasteiger partial charge in [-0.2, -0.15) is 0 Å². The zero-order valence-corrected chi connectivity index (χ0v) is 11.7. The van der Waals surface area contributed by atoms with Crippen molar-refractivity contribution < 1.29 is 9.94 Å². The Bertz CT molecular complexity index is 440. The van der Waals surface area contributed by atoms with Gasteiger partial charge in [0.25, 0.3) is 0 Å². The van der Waals surface area contributed by atoms with Crippen molar-refractivity contribution in [2.45, 2.75) is 51.9 Å². The van der Waals surface area contributed by atoms with Gasteiger partial charge in [0.05, 0.1) is 12.3 Å². The molecule has 0 saturated carbocycles. The van der Waals surface area contributed by atoms with Crippen molar-refractivity contribution in [3.8, 4) is 5.75 Å². The van der Waals surface area contributed by atoms with Gasteiger partial charge in [-0.3, -0.25) is 0 Å². The largest absolute Gasteiger partial charge is 0.493 e. The van der Waals surface area contributed by atoms with Crippen LogP contribution in [0.15, 0.2) is 23.4 Å². The summed E-state index contributed by atoms with van der Waals surface area (Å²) in [6, 6.07) is 6.03. The summed E-state index contributed by atoms with van der Waals surface area (Å²) in [6.45, 7) is 2.99. The van der Waals surface area contributed by atoms with Gasteiger partial charge in [-0.05, 0) is 31.7 Å². The van der Waals surface area contributed by atoms with E-state index >= 15 is 0 Å². The molecule has 19 heavy (non-hydrogen) atoms. The molecule has 0 heterocycles. The van der Waals surface area contributed by atoms with E-state index in [1.807, 2.05) is 18.2 Å². The second-order valence-corrected chi connectivity index (χ2v) is 5.09. The van der Waals surface area contributed by atoms with E-state index in [0.29, 0.717) is 0 Å². The van der Waals surface area contributed by atoms with Crippen LogP contribution in [0.2, 0.25) is 0 Å². The van der Waals surface area contributed by atoms with Gasteiger partial charge in [0.2, 0.25) is 0 Å². The molecule has 0 bridgehead atoms. The summed E-state index contributed by atoms with van der Waals surface area (Å²) in [5.74, 6) is 0.967. The summed E-state index contributed by atoms with van der Waals surface area (Å²) in [5, 5.41) is 12.5. The summed E-state index contributed by atoms with van der Waals surface area (Å²) in [6.07, 6.45) is 7.76. The third kappa shape index (κ3) is 3.49. The molecule has 2 rings (SSSR count). The van der Waals surface area contributed by atoms with Gasteiger partial charge in [0, 0.05) is 11.1 Å². The maximum absolute atomic E-state index is 9.05. The molecule has 0 aliphatic heterocycles. The molecule has 0 aromatic heterocycles. The van der Waals surface area contributed by atoms with Crippen molar-refractivity contribution >= 4 is 5.71 Å². The number of hydrogen-bond donors (Lipinski definition) is 1. The summed E-state index contributed by atoms with van der Waals surface area (Å²) in [5.41, 5.74) is 3.05. The summed E-state index contributed by atoms with van der Waals surface area (Å²) in [7, 11) is 0. The third-order valence-electron chi connectivity index (χ3n) is 3.66. The van der Waals surface area contributed by atoms with E-state index in [-0.39, 0.29) is 0 Å². The molecule has 0 unspecified atom stereocenters. The SMILES string of the molecule is CCCCCCOc1cccc2c1CCCC2=NO. The molecule has 0 radical (unpaired) electrons. The van der Waals surface area contributed by atoms with E-state index in [1.54, 1.807) is 0 Å². The fourth-order valence-corrected chi connectivity index (χ4v) is 2.61. The van der Waals surface area contributed by atoms with E-state index in [9.17, 15) is 0 Å². The highest BCUT2D eigenvalue weighted by Crippen LogP contribution is 2.30. The van der Waals surface area contributed by atoms with E-state index in [1.165, 1.54) is 24.8 Å². The minimum atomic E-state index is 0.780. The molecule has 1 N–H and O–H groups in total. The quantitative estimate of drug-likeness (QED) is 0.474. The van der Waals surface area contributed by atoms with Crippen LogP contribution in [0.3, 0.4) is 0 Å². The van der Waals surface area contributed by atoms with Crippen LogP contribution in [0, 0.1) is 0 Å². The Hall–Kier alpha value is -1.51. The number of nitrogens with zero attached hydrogens (tertiary/aromatic N) is 1. The zero-order chi connectivity index (χ0) is 13.5. The van der Waals surface area contributed by atoms with Gasteiger partial charge in [-0.25, -0.2) is 0 Å². The van der Waals surface area contributed by atoms with Gasteiger partial charge in [0.15, 0.2) is 0 Å². The Morgan fingerprint density at radius 2 is 2.11 bits per heavy atom. The van der Waals surface area contributed by atoms with Gasteiger partial charge < -0.3 is 9.94 Å². The molecule has 3 nitrogen and oxygen atoms in total. The van der Waals surface area contributed by atoms with Gasteiger partial charge >= 0.3 is 0 Å². The first-order valence-corrected chi connectivity index (χ1v) is 7.32. The first-order chi connectivity index (χ1) is 9.36. The van der Waals surface area contributed by atoms with Crippen LogP contribution in [0.1, 0.15) is 56.6 Å². The van der Waals surface area contributed by atoms with Crippen LogP contribution < -0.4 is 4.74 Å². The van der Waals surface area contributed by atoms with Crippen LogP contribution in [-0.4, -0.2) is 17.5 Å². The normalized spacial score (nSPS) is 16.4. The van der Waals surface area contributed by atoms with Crippen molar-refractivity contribution in [2.24, 2.45) is 5.16 Å². The Morgan fingerprint density at radius 1 is 1.21 bits per heavy atom. The number of fused-ring (bicyclic) bond motifs is 1.